The van der Waals surface area contributed by atoms with Crippen LogP contribution >= 0.6 is 0 Å². The highest BCUT2D eigenvalue weighted by molar-refractivity contribution is 7.91. The third kappa shape index (κ3) is 4.38. The summed E-state index contributed by atoms with van der Waals surface area (Å²) in [5.41, 5.74) is 0. The van der Waals surface area contributed by atoms with E-state index in [4.69, 9.17) is 5.11 Å². The first-order valence-electron chi connectivity index (χ1n) is 6.24. The van der Waals surface area contributed by atoms with Gasteiger partial charge in [-0.15, -0.1) is 0 Å². The van der Waals surface area contributed by atoms with Crippen molar-refractivity contribution in [1.29, 1.82) is 0 Å². The maximum atomic E-state index is 12.2. The van der Waals surface area contributed by atoms with Crippen LogP contribution in [0.5, 0.6) is 0 Å². The molecule has 1 N–H and O–H groups in total. The number of carboxylic acid groups (broad SMARTS) is 1. The van der Waals surface area contributed by atoms with Gasteiger partial charge >= 0.3 is 12.0 Å². The van der Waals surface area contributed by atoms with E-state index in [1.807, 2.05) is 0 Å². The molecule has 1 aliphatic heterocycles. The topological polar surface area (TPSA) is 95.0 Å². The van der Waals surface area contributed by atoms with Crippen molar-refractivity contribution in [1.82, 2.24) is 9.80 Å². The minimum absolute atomic E-state index is 0.0282. The van der Waals surface area contributed by atoms with Crippen molar-refractivity contribution in [2.45, 2.75) is 26.3 Å². The number of carbonyl (C=O) groups excluding carboxylic acids is 1. The van der Waals surface area contributed by atoms with Gasteiger partial charge in [0.05, 0.1) is 17.9 Å². The van der Waals surface area contributed by atoms with Crippen molar-refractivity contribution >= 4 is 21.8 Å². The average Bonchev–Trinajstić information content (AvgIpc) is 2.27. The first-order chi connectivity index (χ1) is 8.76. The Morgan fingerprint density at radius 3 is 2.53 bits per heavy atom. The summed E-state index contributed by atoms with van der Waals surface area (Å²) >= 11 is 0. The highest BCUT2D eigenvalue weighted by Gasteiger charge is 2.33. The summed E-state index contributed by atoms with van der Waals surface area (Å²) < 4.78 is 22.9. The van der Waals surface area contributed by atoms with Gasteiger partial charge in [0, 0.05) is 25.7 Å². The second-order valence-electron chi connectivity index (χ2n) is 4.66. The normalized spacial score (nSPS) is 22.0. The van der Waals surface area contributed by atoms with Gasteiger partial charge in [-0.25, -0.2) is 13.2 Å². The number of amides is 2. The zero-order valence-corrected chi connectivity index (χ0v) is 12.0. The third-order valence-electron chi connectivity index (χ3n) is 3.16. The molecule has 0 aromatic heterocycles. The Hall–Kier alpha value is -1.31. The first kappa shape index (κ1) is 15.7. The Morgan fingerprint density at radius 2 is 2.05 bits per heavy atom. The third-order valence-corrected chi connectivity index (χ3v) is 4.96. The van der Waals surface area contributed by atoms with E-state index in [-0.39, 0.29) is 43.1 Å². The van der Waals surface area contributed by atoms with Crippen LogP contribution < -0.4 is 0 Å². The highest BCUT2D eigenvalue weighted by atomic mass is 32.2. The molecule has 0 aromatic carbocycles. The first-order valence-corrected chi connectivity index (χ1v) is 8.06. The highest BCUT2D eigenvalue weighted by Crippen LogP contribution is 2.14. The molecule has 0 bridgehead atoms. The predicted octanol–water partition coefficient (Wildman–Crippen LogP) is 0.0219. The molecule has 0 aromatic rings. The zero-order valence-electron chi connectivity index (χ0n) is 11.2. The van der Waals surface area contributed by atoms with Crippen LogP contribution in [0.2, 0.25) is 0 Å². The number of sulfone groups is 1. The molecule has 7 nitrogen and oxygen atoms in total. The van der Waals surface area contributed by atoms with Crippen LogP contribution in [0.15, 0.2) is 0 Å². The molecule has 19 heavy (non-hydrogen) atoms. The fourth-order valence-electron chi connectivity index (χ4n) is 2.08. The Kier molecular flexibility index (Phi) is 5.16. The van der Waals surface area contributed by atoms with Crippen LogP contribution in [0.3, 0.4) is 0 Å². The summed E-state index contributed by atoms with van der Waals surface area (Å²) in [6.45, 7) is 4.18. The number of nitrogens with zero attached hydrogens (tertiary/aromatic N) is 2. The second-order valence-corrected chi connectivity index (χ2v) is 6.89. The van der Waals surface area contributed by atoms with Crippen LogP contribution in [-0.2, 0) is 14.6 Å². The van der Waals surface area contributed by atoms with Crippen LogP contribution in [0, 0.1) is 0 Å². The molecular weight excluding hydrogens is 272 g/mol. The van der Waals surface area contributed by atoms with E-state index >= 15 is 0 Å². The lowest BCUT2D eigenvalue weighted by Gasteiger charge is -2.36. The quantitative estimate of drug-likeness (QED) is 0.788. The van der Waals surface area contributed by atoms with Crippen LogP contribution in [0.4, 0.5) is 4.79 Å². The Balaban J connectivity index is 2.67. The van der Waals surface area contributed by atoms with Crippen molar-refractivity contribution in [2.75, 3.05) is 31.1 Å². The van der Waals surface area contributed by atoms with Crippen LogP contribution in [-0.4, -0.2) is 72.5 Å². The molecule has 1 unspecified atom stereocenters. The van der Waals surface area contributed by atoms with Gasteiger partial charge in [0.25, 0.3) is 0 Å². The van der Waals surface area contributed by atoms with Gasteiger partial charge < -0.3 is 14.9 Å². The largest absolute Gasteiger partial charge is 0.481 e. The van der Waals surface area contributed by atoms with E-state index in [0.717, 1.165) is 0 Å². The van der Waals surface area contributed by atoms with E-state index in [0.29, 0.717) is 6.54 Å². The molecule has 0 saturated carbocycles. The number of aliphatic carboxylic acids is 1. The molecular formula is C11H20N2O5S. The molecule has 1 aliphatic rings. The summed E-state index contributed by atoms with van der Waals surface area (Å²) in [4.78, 5) is 25.7. The minimum atomic E-state index is -3.06. The molecule has 8 heteroatoms. The molecule has 1 heterocycles. The number of carboxylic acids is 1. The number of hydrogen-bond donors (Lipinski definition) is 1. The Labute approximate surface area is 113 Å². The fraction of sp³-hybridized carbons (Fsp3) is 0.818. The van der Waals surface area contributed by atoms with Gasteiger partial charge in [-0.1, -0.05) is 0 Å². The maximum absolute atomic E-state index is 12.2. The lowest BCUT2D eigenvalue weighted by atomic mass is 10.3. The summed E-state index contributed by atoms with van der Waals surface area (Å²) in [7, 11) is -3.06. The monoisotopic (exact) mass is 292 g/mol. The standard InChI is InChI=1S/C11H20N2O5S/c1-3-12(5-4-10(14)15)11(16)13-6-7-19(17,18)8-9(13)2/h9H,3-8H2,1-2H3,(H,14,15). The van der Waals surface area contributed by atoms with Crippen molar-refractivity contribution in [3.63, 3.8) is 0 Å². The molecule has 110 valence electrons. The van der Waals surface area contributed by atoms with E-state index in [1.165, 1.54) is 9.80 Å². The molecule has 1 fully saturated rings. The van der Waals surface area contributed by atoms with Gasteiger partial charge in [-0.2, -0.15) is 0 Å². The minimum Gasteiger partial charge on any atom is -0.481 e. The van der Waals surface area contributed by atoms with Crippen molar-refractivity contribution in [2.24, 2.45) is 0 Å². The number of rotatable bonds is 4. The van der Waals surface area contributed by atoms with Gasteiger partial charge in [0.1, 0.15) is 0 Å². The van der Waals surface area contributed by atoms with Crippen LogP contribution in [0.25, 0.3) is 0 Å². The van der Waals surface area contributed by atoms with Crippen molar-refractivity contribution in [3.05, 3.63) is 0 Å². The maximum Gasteiger partial charge on any atom is 0.320 e. The summed E-state index contributed by atoms with van der Waals surface area (Å²) in [5, 5.41) is 8.64. The molecule has 0 aliphatic carbocycles. The number of hydrogen-bond acceptors (Lipinski definition) is 4. The van der Waals surface area contributed by atoms with Gasteiger partial charge in [-0.05, 0) is 13.8 Å². The summed E-state index contributed by atoms with van der Waals surface area (Å²) in [6, 6.07) is -0.656. The molecule has 1 rings (SSSR count). The average molecular weight is 292 g/mol. The summed E-state index contributed by atoms with van der Waals surface area (Å²) in [6.07, 6.45) is -0.111. The van der Waals surface area contributed by atoms with Crippen LogP contribution in [0.1, 0.15) is 20.3 Å². The van der Waals surface area contributed by atoms with Crippen molar-refractivity contribution in [3.8, 4) is 0 Å². The molecule has 2 amide bonds. The number of urea groups is 1. The molecule has 0 spiro atoms. The van der Waals surface area contributed by atoms with E-state index in [1.54, 1.807) is 13.8 Å². The number of carbonyl (C=O) groups is 2. The van der Waals surface area contributed by atoms with Gasteiger partial charge in [-0.3, -0.25) is 4.79 Å². The smallest absolute Gasteiger partial charge is 0.320 e. The zero-order chi connectivity index (χ0) is 14.6. The Bertz CT molecular complexity index is 448. The SMILES string of the molecule is CCN(CCC(=O)O)C(=O)N1CCS(=O)(=O)CC1C. The molecule has 1 saturated heterocycles. The lowest BCUT2D eigenvalue weighted by molar-refractivity contribution is -0.137. The summed E-state index contributed by atoms with van der Waals surface area (Å²) in [5.74, 6) is -1.02. The Morgan fingerprint density at radius 1 is 1.42 bits per heavy atom. The predicted molar refractivity (Wildman–Crippen MR) is 69.7 cm³/mol. The van der Waals surface area contributed by atoms with Gasteiger partial charge in [0.15, 0.2) is 9.84 Å². The second kappa shape index (κ2) is 6.23. The van der Waals surface area contributed by atoms with E-state index < -0.39 is 15.8 Å². The molecule has 0 radical (unpaired) electrons. The molecule has 1 atom stereocenters. The van der Waals surface area contributed by atoms with E-state index in [2.05, 4.69) is 0 Å². The fourth-order valence-corrected chi connectivity index (χ4v) is 3.64. The lowest BCUT2D eigenvalue weighted by Crippen LogP contribution is -2.54. The van der Waals surface area contributed by atoms with Crippen molar-refractivity contribution < 1.29 is 23.1 Å². The van der Waals surface area contributed by atoms with Gasteiger partial charge in [0.2, 0.25) is 0 Å². The van der Waals surface area contributed by atoms with E-state index in [9.17, 15) is 18.0 Å².